The van der Waals surface area contributed by atoms with Gasteiger partial charge in [0.1, 0.15) is 11.6 Å². The van der Waals surface area contributed by atoms with E-state index in [1.54, 1.807) is 11.8 Å². The van der Waals surface area contributed by atoms with Gasteiger partial charge in [0.15, 0.2) is 0 Å². The molecule has 1 aliphatic heterocycles. The lowest BCUT2D eigenvalue weighted by Gasteiger charge is -2.18. The molecule has 0 unspecified atom stereocenters. The van der Waals surface area contributed by atoms with Crippen molar-refractivity contribution in [2.45, 2.75) is 19.6 Å². The predicted octanol–water partition coefficient (Wildman–Crippen LogP) is 0.957. The summed E-state index contributed by atoms with van der Waals surface area (Å²) in [6.45, 7) is 2.04. The molecule has 0 spiro atoms. The van der Waals surface area contributed by atoms with Crippen molar-refractivity contribution in [2.75, 3.05) is 32.9 Å². The highest BCUT2D eigenvalue weighted by Crippen LogP contribution is 2.24. The third-order valence-electron chi connectivity index (χ3n) is 4.22. The first-order valence-corrected chi connectivity index (χ1v) is 8.97. The van der Waals surface area contributed by atoms with Crippen LogP contribution in [-0.4, -0.2) is 61.8 Å². The van der Waals surface area contributed by atoms with Crippen LogP contribution >= 0.6 is 0 Å². The van der Waals surface area contributed by atoms with E-state index in [1.165, 1.54) is 26.2 Å². The fourth-order valence-corrected chi connectivity index (χ4v) is 3.90. The molecule has 1 heterocycles. The van der Waals surface area contributed by atoms with Crippen LogP contribution in [0.3, 0.4) is 0 Å². The third-order valence-corrected chi connectivity index (χ3v) is 6.19. The highest BCUT2D eigenvalue weighted by atomic mass is 32.2. The van der Waals surface area contributed by atoms with E-state index in [2.05, 4.69) is 0 Å². The highest BCUT2D eigenvalue weighted by Gasteiger charge is 2.35. The van der Waals surface area contributed by atoms with Crippen molar-refractivity contribution in [1.82, 2.24) is 9.21 Å². The molecule has 0 saturated carbocycles. The maximum Gasteiger partial charge on any atom is 0.214 e. The van der Waals surface area contributed by atoms with Crippen molar-refractivity contribution < 1.29 is 22.3 Å². The molecule has 0 aromatic heterocycles. The Bertz CT molecular complexity index is 680. The number of β-amino-alcohol motifs (C(OH)–C–C–N with tert-alkyl or cyclic N) is 1. The fraction of sp³-hybridized carbons (Fsp3) is 0.600. The molecule has 5 nitrogen and oxygen atoms in total. The number of rotatable bonds is 5. The van der Waals surface area contributed by atoms with Crippen molar-refractivity contribution >= 4 is 10.0 Å². The summed E-state index contributed by atoms with van der Waals surface area (Å²) in [5.74, 6) is -1.88. The van der Waals surface area contributed by atoms with Crippen LogP contribution in [0.2, 0.25) is 0 Å². The second kappa shape index (κ2) is 6.80. The number of hydrogen-bond donors (Lipinski definition) is 1. The lowest BCUT2D eigenvalue weighted by atomic mass is 10.1. The highest BCUT2D eigenvalue weighted by molar-refractivity contribution is 7.89. The zero-order valence-corrected chi connectivity index (χ0v) is 14.3. The molecule has 2 rings (SSSR count). The van der Waals surface area contributed by atoms with Crippen molar-refractivity contribution in [3.63, 3.8) is 0 Å². The molecule has 2 atom stereocenters. The Labute approximate surface area is 135 Å². The van der Waals surface area contributed by atoms with Gasteiger partial charge in [-0.15, -0.1) is 0 Å². The maximum atomic E-state index is 14.1. The summed E-state index contributed by atoms with van der Waals surface area (Å²) < 4.78 is 52.8. The number of aliphatic hydroxyl groups is 1. The zero-order chi connectivity index (χ0) is 17.4. The van der Waals surface area contributed by atoms with Crippen molar-refractivity contribution in [1.29, 1.82) is 0 Å². The summed E-state index contributed by atoms with van der Waals surface area (Å²) in [5.41, 5.74) is 0.307. The minimum atomic E-state index is -3.44. The number of benzene rings is 1. The topological polar surface area (TPSA) is 60.9 Å². The number of hydrogen-bond acceptors (Lipinski definition) is 4. The summed E-state index contributed by atoms with van der Waals surface area (Å²) in [6, 6.07) is 2.59. The zero-order valence-electron chi connectivity index (χ0n) is 13.5. The molecule has 0 aliphatic carbocycles. The lowest BCUT2D eigenvalue weighted by Crippen LogP contribution is -2.33. The molecule has 1 N–H and O–H groups in total. The Balaban J connectivity index is 2.09. The van der Waals surface area contributed by atoms with Gasteiger partial charge in [0.2, 0.25) is 10.0 Å². The first-order valence-electron chi connectivity index (χ1n) is 7.36. The molecule has 1 fully saturated rings. The van der Waals surface area contributed by atoms with E-state index in [0.717, 1.165) is 4.31 Å². The molecule has 1 aromatic rings. The molecule has 0 radical (unpaired) electrons. The van der Waals surface area contributed by atoms with E-state index in [4.69, 9.17) is 0 Å². The van der Waals surface area contributed by atoms with Gasteiger partial charge in [-0.1, -0.05) is 6.07 Å². The SMILES string of the molecule is Cc1ccc(F)c(CN2C[C@@H](CS(=O)(=O)N(C)C)[C@H](O)C2)c1F. The van der Waals surface area contributed by atoms with Gasteiger partial charge in [-0.3, -0.25) is 4.90 Å². The van der Waals surface area contributed by atoms with Crippen LogP contribution in [0.25, 0.3) is 0 Å². The number of halogens is 2. The molecule has 130 valence electrons. The van der Waals surface area contributed by atoms with Crippen LogP contribution in [0.4, 0.5) is 8.78 Å². The van der Waals surface area contributed by atoms with Gasteiger partial charge in [0, 0.05) is 45.2 Å². The Morgan fingerprint density at radius 2 is 1.96 bits per heavy atom. The van der Waals surface area contributed by atoms with Gasteiger partial charge in [0.25, 0.3) is 0 Å². The molecular weight excluding hydrogens is 326 g/mol. The smallest absolute Gasteiger partial charge is 0.214 e. The maximum absolute atomic E-state index is 14.1. The lowest BCUT2D eigenvalue weighted by molar-refractivity contribution is 0.147. The van der Waals surface area contributed by atoms with Crippen LogP contribution in [0.15, 0.2) is 12.1 Å². The van der Waals surface area contributed by atoms with Gasteiger partial charge >= 0.3 is 0 Å². The van der Waals surface area contributed by atoms with E-state index < -0.39 is 33.7 Å². The Morgan fingerprint density at radius 1 is 1.30 bits per heavy atom. The minimum absolute atomic E-state index is 0.00885. The molecule has 1 aromatic carbocycles. The molecule has 1 aliphatic rings. The minimum Gasteiger partial charge on any atom is -0.391 e. The van der Waals surface area contributed by atoms with Gasteiger partial charge in [-0.25, -0.2) is 21.5 Å². The number of likely N-dealkylation sites (tertiary alicyclic amines) is 1. The van der Waals surface area contributed by atoms with E-state index in [9.17, 15) is 22.3 Å². The van der Waals surface area contributed by atoms with E-state index >= 15 is 0 Å². The molecule has 1 saturated heterocycles. The van der Waals surface area contributed by atoms with Crippen LogP contribution in [0.1, 0.15) is 11.1 Å². The van der Waals surface area contributed by atoms with E-state index in [0.29, 0.717) is 5.56 Å². The van der Waals surface area contributed by atoms with Crippen LogP contribution < -0.4 is 0 Å². The predicted molar refractivity (Wildman–Crippen MR) is 83.3 cm³/mol. The van der Waals surface area contributed by atoms with Crippen LogP contribution in [-0.2, 0) is 16.6 Å². The number of sulfonamides is 1. The van der Waals surface area contributed by atoms with Gasteiger partial charge in [-0.2, -0.15) is 0 Å². The Hall–Kier alpha value is -1.09. The van der Waals surface area contributed by atoms with E-state index in [1.807, 2.05) is 0 Å². The van der Waals surface area contributed by atoms with Gasteiger partial charge in [-0.05, 0) is 18.6 Å². The number of aryl methyl sites for hydroxylation is 1. The molecule has 23 heavy (non-hydrogen) atoms. The summed E-state index contributed by atoms with van der Waals surface area (Å²) in [7, 11) is -0.562. The quantitative estimate of drug-likeness (QED) is 0.861. The summed E-state index contributed by atoms with van der Waals surface area (Å²) >= 11 is 0. The van der Waals surface area contributed by atoms with Crippen molar-refractivity contribution in [2.24, 2.45) is 5.92 Å². The van der Waals surface area contributed by atoms with Gasteiger partial charge in [0.05, 0.1) is 11.9 Å². The first kappa shape index (κ1) is 18.3. The normalized spacial score (nSPS) is 22.9. The Kier molecular flexibility index (Phi) is 5.40. The molecule has 0 amide bonds. The monoisotopic (exact) mass is 348 g/mol. The molecular formula is C15H22F2N2O3S. The second-order valence-corrected chi connectivity index (χ2v) is 8.47. The summed E-state index contributed by atoms with van der Waals surface area (Å²) in [6.07, 6.45) is -0.833. The number of aliphatic hydroxyl groups excluding tert-OH is 1. The average molecular weight is 348 g/mol. The number of nitrogens with zero attached hydrogens (tertiary/aromatic N) is 2. The van der Waals surface area contributed by atoms with E-state index in [-0.39, 0.29) is 31.0 Å². The van der Waals surface area contributed by atoms with Crippen LogP contribution in [0, 0.1) is 24.5 Å². The van der Waals surface area contributed by atoms with Crippen LogP contribution in [0.5, 0.6) is 0 Å². The molecule has 8 heteroatoms. The molecule has 0 bridgehead atoms. The largest absolute Gasteiger partial charge is 0.391 e. The standard InChI is InChI=1S/C15H22F2N2O3S/c1-10-4-5-13(16)12(15(10)17)7-19-6-11(14(20)8-19)9-23(21,22)18(2)3/h4-5,11,14,20H,6-9H2,1-3H3/t11-,14+/m0/s1. The Morgan fingerprint density at radius 3 is 2.57 bits per heavy atom. The third kappa shape index (κ3) is 4.06. The van der Waals surface area contributed by atoms with Gasteiger partial charge < -0.3 is 5.11 Å². The summed E-state index contributed by atoms with van der Waals surface area (Å²) in [5, 5.41) is 10.1. The fourth-order valence-electron chi connectivity index (χ4n) is 2.74. The van der Waals surface area contributed by atoms with Crippen molar-refractivity contribution in [3.05, 3.63) is 34.9 Å². The van der Waals surface area contributed by atoms with Crippen molar-refractivity contribution in [3.8, 4) is 0 Å². The average Bonchev–Trinajstić information content (AvgIpc) is 2.78. The second-order valence-electron chi connectivity index (χ2n) is 6.24. The summed E-state index contributed by atoms with van der Waals surface area (Å²) in [4.78, 5) is 1.68. The first-order chi connectivity index (χ1) is 10.6.